The number of aryl methyl sites for hydroxylation is 1. The lowest BCUT2D eigenvalue weighted by molar-refractivity contribution is -0.137. The molecule has 0 heterocycles. The van der Waals surface area contributed by atoms with Gasteiger partial charge in [-0.05, 0) is 48.4 Å². The van der Waals surface area contributed by atoms with Gasteiger partial charge in [-0.3, -0.25) is 9.59 Å². The molecular weight excluding hydrogens is 304 g/mol. The summed E-state index contributed by atoms with van der Waals surface area (Å²) in [6.07, 6.45) is -0.350. The summed E-state index contributed by atoms with van der Waals surface area (Å²) >= 11 is 0. The van der Waals surface area contributed by atoms with Gasteiger partial charge in [0.05, 0.1) is 12.5 Å². The Hall–Kier alpha value is -2.76. The Kier molecular flexibility index (Phi) is 5.05. The summed E-state index contributed by atoms with van der Waals surface area (Å²) in [5, 5.41) is 11.6. The molecule has 0 aliphatic heterocycles. The van der Waals surface area contributed by atoms with Gasteiger partial charge in [0.2, 0.25) is 0 Å². The standard InChI is InChI=1S/C17H15F2NO3/c1-10-8-13(19)6-7-14(10)17(23)20-15(9-16(21)22)11-2-4-12(18)5-3-11/h2-8,15H,9H2,1H3,(H,20,23)(H,21,22). The number of halogens is 2. The second kappa shape index (κ2) is 7.00. The zero-order valence-electron chi connectivity index (χ0n) is 12.3. The molecule has 1 atom stereocenters. The molecule has 120 valence electrons. The summed E-state index contributed by atoms with van der Waals surface area (Å²) in [6.45, 7) is 1.59. The van der Waals surface area contributed by atoms with Crippen molar-refractivity contribution in [1.82, 2.24) is 5.32 Å². The minimum atomic E-state index is -1.10. The van der Waals surface area contributed by atoms with Gasteiger partial charge in [0.15, 0.2) is 0 Å². The van der Waals surface area contributed by atoms with Gasteiger partial charge < -0.3 is 10.4 Å². The third-order valence-corrected chi connectivity index (χ3v) is 3.39. The number of carbonyl (C=O) groups excluding carboxylic acids is 1. The van der Waals surface area contributed by atoms with Crippen molar-refractivity contribution in [2.24, 2.45) is 0 Å². The van der Waals surface area contributed by atoms with E-state index in [0.717, 1.165) is 6.07 Å². The number of amides is 1. The highest BCUT2D eigenvalue weighted by molar-refractivity contribution is 5.96. The van der Waals surface area contributed by atoms with Crippen LogP contribution in [0.25, 0.3) is 0 Å². The quantitative estimate of drug-likeness (QED) is 0.889. The third kappa shape index (κ3) is 4.35. The van der Waals surface area contributed by atoms with Gasteiger partial charge in [-0.25, -0.2) is 8.78 Å². The lowest BCUT2D eigenvalue weighted by Crippen LogP contribution is -2.30. The van der Waals surface area contributed by atoms with Crippen molar-refractivity contribution in [3.05, 3.63) is 70.8 Å². The summed E-state index contributed by atoms with van der Waals surface area (Å²) < 4.78 is 26.1. The highest BCUT2D eigenvalue weighted by atomic mass is 19.1. The zero-order valence-corrected chi connectivity index (χ0v) is 12.3. The summed E-state index contributed by atoms with van der Waals surface area (Å²) in [6, 6.07) is 8.12. The van der Waals surface area contributed by atoms with E-state index in [-0.39, 0.29) is 12.0 Å². The van der Waals surface area contributed by atoms with Gasteiger partial charge in [0.25, 0.3) is 5.91 Å². The first-order valence-corrected chi connectivity index (χ1v) is 6.91. The number of benzene rings is 2. The van der Waals surface area contributed by atoms with E-state index in [1.54, 1.807) is 6.92 Å². The van der Waals surface area contributed by atoms with Gasteiger partial charge >= 0.3 is 5.97 Å². The van der Waals surface area contributed by atoms with E-state index < -0.39 is 29.6 Å². The first kappa shape index (κ1) is 16.6. The average molecular weight is 319 g/mol. The number of carboxylic acid groups (broad SMARTS) is 1. The van der Waals surface area contributed by atoms with Crippen molar-refractivity contribution >= 4 is 11.9 Å². The summed E-state index contributed by atoms with van der Waals surface area (Å²) in [5.41, 5.74) is 1.17. The molecule has 0 saturated heterocycles. The lowest BCUT2D eigenvalue weighted by Gasteiger charge is -2.18. The minimum absolute atomic E-state index is 0.254. The lowest BCUT2D eigenvalue weighted by atomic mass is 10.0. The van der Waals surface area contributed by atoms with E-state index in [4.69, 9.17) is 5.11 Å². The van der Waals surface area contributed by atoms with Crippen LogP contribution in [-0.4, -0.2) is 17.0 Å². The van der Waals surface area contributed by atoms with Crippen LogP contribution in [0.2, 0.25) is 0 Å². The molecule has 2 N–H and O–H groups in total. The van der Waals surface area contributed by atoms with Crippen LogP contribution in [-0.2, 0) is 4.79 Å². The van der Waals surface area contributed by atoms with Crippen LogP contribution in [0, 0.1) is 18.6 Å². The van der Waals surface area contributed by atoms with E-state index in [1.165, 1.54) is 36.4 Å². The molecule has 0 aromatic heterocycles. The molecule has 0 bridgehead atoms. The van der Waals surface area contributed by atoms with E-state index in [9.17, 15) is 18.4 Å². The van der Waals surface area contributed by atoms with Gasteiger partial charge in [0, 0.05) is 5.56 Å². The Labute approximate surface area is 131 Å². The Morgan fingerprint density at radius 3 is 2.26 bits per heavy atom. The molecule has 0 spiro atoms. The zero-order chi connectivity index (χ0) is 17.0. The van der Waals surface area contributed by atoms with Gasteiger partial charge in [0.1, 0.15) is 11.6 Å². The largest absolute Gasteiger partial charge is 0.481 e. The average Bonchev–Trinajstić information content (AvgIpc) is 2.46. The molecule has 4 nitrogen and oxygen atoms in total. The normalized spacial score (nSPS) is 11.8. The maximum atomic E-state index is 13.1. The summed E-state index contributed by atoms with van der Waals surface area (Å²) in [7, 11) is 0. The predicted molar refractivity (Wildman–Crippen MR) is 80.0 cm³/mol. The number of hydrogen-bond donors (Lipinski definition) is 2. The number of nitrogens with one attached hydrogen (secondary N) is 1. The molecule has 2 aromatic rings. The molecule has 0 fully saturated rings. The maximum Gasteiger partial charge on any atom is 0.305 e. The van der Waals surface area contributed by atoms with Crippen LogP contribution < -0.4 is 5.32 Å². The number of carbonyl (C=O) groups is 2. The highest BCUT2D eigenvalue weighted by Gasteiger charge is 2.20. The smallest absolute Gasteiger partial charge is 0.305 e. The molecule has 2 rings (SSSR count). The fraction of sp³-hybridized carbons (Fsp3) is 0.176. The Morgan fingerprint density at radius 2 is 1.70 bits per heavy atom. The summed E-state index contributed by atoms with van der Waals surface area (Å²) in [4.78, 5) is 23.3. The van der Waals surface area contributed by atoms with Crippen LogP contribution in [0.3, 0.4) is 0 Å². The molecule has 1 amide bonds. The Morgan fingerprint density at radius 1 is 1.09 bits per heavy atom. The molecule has 2 aromatic carbocycles. The van der Waals surface area contributed by atoms with Crippen molar-refractivity contribution < 1.29 is 23.5 Å². The molecule has 0 aliphatic rings. The SMILES string of the molecule is Cc1cc(F)ccc1C(=O)NC(CC(=O)O)c1ccc(F)cc1. The van der Waals surface area contributed by atoms with Crippen LogP contribution in [0.4, 0.5) is 8.78 Å². The minimum Gasteiger partial charge on any atom is -0.481 e. The van der Waals surface area contributed by atoms with Gasteiger partial charge in [-0.15, -0.1) is 0 Å². The van der Waals surface area contributed by atoms with Crippen molar-refractivity contribution in [3.8, 4) is 0 Å². The molecule has 0 radical (unpaired) electrons. The first-order chi connectivity index (χ1) is 10.9. The molecule has 6 heteroatoms. The molecule has 1 unspecified atom stereocenters. The second-order valence-electron chi connectivity index (χ2n) is 5.13. The molecule has 0 aliphatic carbocycles. The van der Waals surface area contributed by atoms with Crippen molar-refractivity contribution in [1.29, 1.82) is 0 Å². The number of rotatable bonds is 5. The first-order valence-electron chi connectivity index (χ1n) is 6.91. The molecule has 0 saturated carbocycles. The monoisotopic (exact) mass is 319 g/mol. The summed E-state index contributed by atoms with van der Waals surface area (Å²) in [5.74, 6) is -2.53. The molecule has 23 heavy (non-hydrogen) atoms. The van der Waals surface area contributed by atoms with Crippen LogP contribution in [0.1, 0.15) is 33.9 Å². The van der Waals surface area contributed by atoms with E-state index in [2.05, 4.69) is 5.32 Å². The topological polar surface area (TPSA) is 66.4 Å². The van der Waals surface area contributed by atoms with E-state index in [1.807, 2.05) is 0 Å². The molecular formula is C17H15F2NO3. The van der Waals surface area contributed by atoms with Gasteiger partial charge in [-0.2, -0.15) is 0 Å². The van der Waals surface area contributed by atoms with Crippen LogP contribution >= 0.6 is 0 Å². The fourth-order valence-corrected chi connectivity index (χ4v) is 2.24. The predicted octanol–water partition coefficient (Wildman–Crippen LogP) is 3.22. The van der Waals surface area contributed by atoms with E-state index in [0.29, 0.717) is 11.1 Å². The number of carboxylic acids is 1. The van der Waals surface area contributed by atoms with Gasteiger partial charge in [-0.1, -0.05) is 12.1 Å². The van der Waals surface area contributed by atoms with Crippen molar-refractivity contribution in [3.63, 3.8) is 0 Å². The van der Waals surface area contributed by atoms with E-state index >= 15 is 0 Å². The highest BCUT2D eigenvalue weighted by Crippen LogP contribution is 2.19. The third-order valence-electron chi connectivity index (χ3n) is 3.39. The second-order valence-corrected chi connectivity index (χ2v) is 5.13. The van der Waals surface area contributed by atoms with Crippen molar-refractivity contribution in [2.75, 3.05) is 0 Å². The number of aliphatic carboxylic acids is 1. The maximum absolute atomic E-state index is 13.1. The Balaban J connectivity index is 2.24. The van der Waals surface area contributed by atoms with Crippen LogP contribution in [0.15, 0.2) is 42.5 Å². The number of hydrogen-bond acceptors (Lipinski definition) is 2. The van der Waals surface area contributed by atoms with Crippen LogP contribution in [0.5, 0.6) is 0 Å². The fourth-order valence-electron chi connectivity index (χ4n) is 2.24. The van der Waals surface area contributed by atoms with Crippen molar-refractivity contribution in [2.45, 2.75) is 19.4 Å². The Bertz CT molecular complexity index is 729.